The van der Waals surface area contributed by atoms with Crippen LogP contribution in [0.5, 0.6) is 0 Å². The van der Waals surface area contributed by atoms with Crippen molar-refractivity contribution in [1.29, 1.82) is 0 Å². The molecule has 0 aliphatic rings. The Morgan fingerprint density at radius 1 is 1.64 bits per heavy atom. The average Bonchev–Trinajstić information content (AvgIpc) is 1.98. The van der Waals surface area contributed by atoms with E-state index in [2.05, 4.69) is 0 Å². The number of carbonyl (C=O) groups is 1. The third-order valence-corrected chi connectivity index (χ3v) is 2.15. The number of rotatable bonds is 4. The Labute approximate surface area is 90.1 Å². The number of hydrogen-bond acceptors (Lipinski definition) is 3. The Morgan fingerprint density at radius 3 is 2.36 bits per heavy atom. The van der Waals surface area contributed by atoms with Crippen LogP contribution in [0.1, 0.15) is 20.8 Å². The van der Waals surface area contributed by atoms with Crippen molar-refractivity contribution in [1.82, 2.24) is 4.90 Å². The Kier molecular flexibility index (Phi) is 4.48. The maximum Gasteiger partial charge on any atom is 0.232 e. The molecular formula is C9H18N2O2S. The van der Waals surface area contributed by atoms with Crippen LogP contribution >= 0.6 is 12.2 Å². The lowest BCUT2D eigenvalue weighted by molar-refractivity contribution is -0.134. The molecule has 0 fully saturated rings. The van der Waals surface area contributed by atoms with E-state index in [4.69, 9.17) is 18.0 Å². The molecule has 0 aliphatic carbocycles. The Balaban J connectivity index is 4.33. The maximum atomic E-state index is 11.6. The number of carbonyl (C=O) groups excluding carboxylic acids is 1. The van der Waals surface area contributed by atoms with E-state index in [0.717, 1.165) is 0 Å². The zero-order valence-corrected chi connectivity index (χ0v) is 9.89. The zero-order chi connectivity index (χ0) is 11.5. The van der Waals surface area contributed by atoms with Crippen molar-refractivity contribution < 1.29 is 9.90 Å². The van der Waals surface area contributed by atoms with Crippen LogP contribution in [0.25, 0.3) is 0 Å². The Hall–Kier alpha value is -0.680. The van der Waals surface area contributed by atoms with Crippen molar-refractivity contribution in [3.63, 3.8) is 0 Å². The van der Waals surface area contributed by atoms with Gasteiger partial charge in [-0.1, -0.05) is 12.2 Å². The zero-order valence-electron chi connectivity index (χ0n) is 9.07. The first kappa shape index (κ1) is 13.3. The van der Waals surface area contributed by atoms with Gasteiger partial charge in [0.1, 0.15) is 0 Å². The van der Waals surface area contributed by atoms with Gasteiger partial charge < -0.3 is 15.7 Å². The molecule has 0 saturated heterocycles. The van der Waals surface area contributed by atoms with E-state index in [1.54, 1.807) is 27.8 Å². The number of aliphatic hydroxyl groups is 1. The maximum absolute atomic E-state index is 11.6. The van der Waals surface area contributed by atoms with Crippen LogP contribution in [-0.2, 0) is 4.79 Å². The Bertz CT molecular complexity index is 235. The van der Waals surface area contributed by atoms with Crippen molar-refractivity contribution in [2.75, 3.05) is 13.6 Å². The highest BCUT2D eigenvalue weighted by atomic mass is 32.1. The van der Waals surface area contributed by atoms with Gasteiger partial charge in [-0.25, -0.2) is 0 Å². The van der Waals surface area contributed by atoms with Gasteiger partial charge in [-0.2, -0.15) is 0 Å². The summed E-state index contributed by atoms with van der Waals surface area (Å²) in [7, 11) is 1.62. The standard InChI is InChI=1S/C9H18N2O2S/c1-6(7(10)14)8(12)11(4)5-9(2,3)13/h6,13H,5H2,1-4H3,(H2,10,14). The fourth-order valence-electron chi connectivity index (χ4n) is 1.11. The first-order valence-electron chi connectivity index (χ1n) is 4.42. The molecule has 0 saturated carbocycles. The fourth-order valence-corrected chi connectivity index (χ4v) is 1.21. The van der Waals surface area contributed by atoms with Crippen LogP contribution in [0.2, 0.25) is 0 Å². The number of nitrogens with two attached hydrogens (primary N) is 1. The predicted octanol–water partition coefficient (Wildman–Crippen LogP) is 0.138. The van der Waals surface area contributed by atoms with E-state index in [-0.39, 0.29) is 17.4 Å². The molecule has 0 aromatic rings. The van der Waals surface area contributed by atoms with Crippen molar-refractivity contribution in [2.45, 2.75) is 26.4 Å². The van der Waals surface area contributed by atoms with Crippen molar-refractivity contribution in [2.24, 2.45) is 11.7 Å². The summed E-state index contributed by atoms with van der Waals surface area (Å²) in [6.45, 7) is 5.20. The van der Waals surface area contributed by atoms with Gasteiger partial charge in [0.25, 0.3) is 0 Å². The van der Waals surface area contributed by atoms with Gasteiger partial charge in [0.05, 0.1) is 16.5 Å². The summed E-state index contributed by atoms with van der Waals surface area (Å²) in [5.41, 5.74) is 4.46. The second-order valence-electron chi connectivity index (χ2n) is 4.13. The van der Waals surface area contributed by atoms with Crippen LogP contribution < -0.4 is 5.73 Å². The SMILES string of the molecule is CC(C(=O)N(C)CC(C)(C)O)C(N)=S. The molecule has 1 atom stereocenters. The fraction of sp³-hybridized carbons (Fsp3) is 0.778. The summed E-state index contributed by atoms with van der Waals surface area (Å²) < 4.78 is 0. The lowest BCUT2D eigenvalue weighted by Gasteiger charge is -2.27. The summed E-state index contributed by atoms with van der Waals surface area (Å²) >= 11 is 4.72. The molecule has 3 N–H and O–H groups in total. The molecular weight excluding hydrogens is 200 g/mol. The molecule has 0 spiro atoms. The average molecular weight is 218 g/mol. The molecule has 0 radical (unpaired) electrons. The van der Waals surface area contributed by atoms with E-state index in [9.17, 15) is 9.90 Å². The lowest BCUT2D eigenvalue weighted by atomic mass is 10.1. The smallest absolute Gasteiger partial charge is 0.232 e. The summed E-state index contributed by atoms with van der Waals surface area (Å²) in [5, 5.41) is 9.50. The summed E-state index contributed by atoms with van der Waals surface area (Å²) in [6.07, 6.45) is 0. The molecule has 0 rings (SSSR count). The molecule has 14 heavy (non-hydrogen) atoms. The largest absolute Gasteiger partial charge is 0.393 e. The molecule has 1 amide bonds. The molecule has 82 valence electrons. The monoisotopic (exact) mass is 218 g/mol. The van der Waals surface area contributed by atoms with E-state index in [1.165, 1.54) is 4.90 Å². The number of thiocarbonyl (C=S) groups is 1. The minimum atomic E-state index is -0.902. The number of nitrogens with zero attached hydrogens (tertiary/aromatic N) is 1. The molecule has 0 heterocycles. The van der Waals surface area contributed by atoms with Gasteiger partial charge in [0.15, 0.2) is 0 Å². The van der Waals surface area contributed by atoms with Crippen LogP contribution in [0.4, 0.5) is 0 Å². The second kappa shape index (κ2) is 4.70. The highest BCUT2D eigenvalue weighted by molar-refractivity contribution is 7.80. The van der Waals surface area contributed by atoms with Crippen molar-refractivity contribution in [3.05, 3.63) is 0 Å². The van der Waals surface area contributed by atoms with Gasteiger partial charge in [0.2, 0.25) is 5.91 Å². The van der Waals surface area contributed by atoms with Gasteiger partial charge in [-0.05, 0) is 20.8 Å². The van der Waals surface area contributed by atoms with E-state index in [1.807, 2.05) is 0 Å². The van der Waals surface area contributed by atoms with Gasteiger partial charge in [-0.3, -0.25) is 4.79 Å². The third kappa shape index (κ3) is 4.53. The third-order valence-electron chi connectivity index (χ3n) is 1.80. The number of hydrogen-bond donors (Lipinski definition) is 2. The summed E-state index contributed by atoms with van der Waals surface area (Å²) in [6, 6.07) is 0. The first-order valence-corrected chi connectivity index (χ1v) is 4.82. The summed E-state index contributed by atoms with van der Waals surface area (Å²) in [4.78, 5) is 13.2. The molecule has 0 aromatic carbocycles. The van der Waals surface area contributed by atoms with E-state index < -0.39 is 11.5 Å². The first-order chi connectivity index (χ1) is 6.15. The number of amides is 1. The molecule has 1 unspecified atom stereocenters. The second-order valence-corrected chi connectivity index (χ2v) is 4.60. The molecule has 0 bridgehead atoms. The minimum absolute atomic E-state index is 0.167. The van der Waals surface area contributed by atoms with E-state index in [0.29, 0.717) is 0 Å². The van der Waals surface area contributed by atoms with Crippen LogP contribution in [-0.4, -0.2) is 40.1 Å². The molecule has 5 heteroatoms. The minimum Gasteiger partial charge on any atom is -0.393 e. The predicted molar refractivity (Wildman–Crippen MR) is 59.9 cm³/mol. The van der Waals surface area contributed by atoms with Gasteiger partial charge >= 0.3 is 0 Å². The van der Waals surface area contributed by atoms with Gasteiger partial charge in [-0.15, -0.1) is 0 Å². The molecule has 0 aliphatic heterocycles. The normalized spacial score (nSPS) is 13.5. The topological polar surface area (TPSA) is 66.6 Å². The van der Waals surface area contributed by atoms with Gasteiger partial charge in [0, 0.05) is 13.6 Å². The Morgan fingerprint density at radius 2 is 2.07 bits per heavy atom. The van der Waals surface area contributed by atoms with Crippen LogP contribution in [0.15, 0.2) is 0 Å². The number of likely N-dealkylation sites (N-methyl/N-ethyl adjacent to an activating group) is 1. The molecule has 4 nitrogen and oxygen atoms in total. The molecule has 0 aromatic heterocycles. The van der Waals surface area contributed by atoms with Crippen LogP contribution in [0, 0.1) is 5.92 Å². The van der Waals surface area contributed by atoms with Crippen molar-refractivity contribution >= 4 is 23.1 Å². The highest BCUT2D eigenvalue weighted by Crippen LogP contribution is 2.07. The van der Waals surface area contributed by atoms with Crippen molar-refractivity contribution in [3.8, 4) is 0 Å². The van der Waals surface area contributed by atoms with E-state index >= 15 is 0 Å². The highest BCUT2D eigenvalue weighted by Gasteiger charge is 2.24. The quantitative estimate of drug-likeness (QED) is 0.659. The van der Waals surface area contributed by atoms with Crippen LogP contribution in [0.3, 0.4) is 0 Å². The lowest BCUT2D eigenvalue weighted by Crippen LogP contribution is -2.44. The summed E-state index contributed by atoms with van der Waals surface area (Å²) in [5.74, 6) is -0.642.